The van der Waals surface area contributed by atoms with Crippen LogP contribution in [0.1, 0.15) is 36.6 Å². The number of carbonyl (C=O) groups excluding carboxylic acids is 3. The van der Waals surface area contributed by atoms with E-state index in [0.717, 1.165) is 23.2 Å². The zero-order valence-electron chi connectivity index (χ0n) is 19.8. The summed E-state index contributed by atoms with van der Waals surface area (Å²) in [4.78, 5) is 43.7. The van der Waals surface area contributed by atoms with E-state index in [1.807, 2.05) is 43.3 Å². The number of nitrogens with zero attached hydrogens (tertiary/aromatic N) is 2. The Balaban J connectivity index is 1.66. The van der Waals surface area contributed by atoms with Crippen LogP contribution in [0.5, 0.6) is 0 Å². The van der Waals surface area contributed by atoms with Crippen molar-refractivity contribution in [1.82, 2.24) is 15.2 Å². The summed E-state index contributed by atoms with van der Waals surface area (Å²) < 4.78 is 5.51. The first kappa shape index (κ1) is 25.2. The topological polar surface area (TPSA) is 127 Å². The first-order valence-electron chi connectivity index (χ1n) is 11.6. The van der Waals surface area contributed by atoms with Crippen LogP contribution in [0.25, 0.3) is 0 Å². The summed E-state index contributed by atoms with van der Waals surface area (Å²) in [6.45, 7) is 4.85. The van der Waals surface area contributed by atoms with Crippen molar-refractivity contribution in [3.63, 3.8) is 0 Å². The van der Waals surface area contributed by atoms with E-state index in [1.165, 1.54) is 0 Å². The third kappa shape index (κ3) is 6.32. The molecule has 9 nitrogen and oxygen atoms in total. The van der Waals surface area contributed by atoms with Crippen molar-refractivity contribution in [3.8, 4) is 0 Å². The van der Waals surface area contributed by atoms with Crippen molar-refractivity contribution >= 4 is 23.6 Å². The van der Waals surface area contributed by atoms with Gasteiger partial charge in [-0.1, -0.05) is 25.1 Å². The third-order valence-corrected chi connectivity index (χ3v) is 6.37. The summed E-state index contributed by atoms with van der Waals surface area (Å²) in [6.07, 6.45) is 2.73. The van der Waals surface area contributed by atoms with E-state index >= 15 is 0 Å². The number of anilines is 1. The van der Waals surface area contributed by atoms with Crippen molar-refractivity contribution in [2.75, 3.05) is 31.6 Å². The second-order valence-corrected chi connectivity index (χ2v) is 8.55. The molecule has 0 atom stereocenters. The number of ether oxygens (including phenoxy) is 1. The molecular weight excluding hydrogens is 434 g/mol. The summed E-state index contributed by atoms with van der Waals surface area (Å²) >= 11 is 0. The van der Waals surface area contributed by atoms with Crippen LogP contribution in [0, 0.1) is 12.3 Å². The number of aromatic nitrogens is 1. The summed E-state index contributed by atoms with van der Waals surface area (Å²) in [5.41, 5.74) is 8.09. The number of nitrogens with two attached hydrogens (primary N) is 1. The van der Waals surface area contributed by atoms with Crippen LogP contribution in [-0.2, 0) is 27.3 Å². The van der Waals surface area contributed by atoms with Gasteiger partial charge in [-0.3, -0.25) is 19.9 Å². The lowest BCUT2D eigenvalue weighted by molar-refractivity contribution is -0.142. The van der Waals surface area contributed by atoms with E-state index in [-0.39, 0.29) is 25.0 Å². The van der Waals surface area contributed by atoms with Crippen LogP contribution in [0.4, 0.5) is 10.5 Å². The standard InChI is InChI=1S/C25H33N5O4/c1-3-19-6-8-21(9-7-19)29-24(33)34-17-25(10-13-30(14-11-25)22(31)15-26)23(32)28-16-20-5-4-12-27-18(20)2/h4-9,12H,3,10-11,13-17,26H2,1-2H3,(H,28,32)(H,29,33). The Bertz CT molecular complexity index is 1000. The van der Waals surface area contributed by atoms with E-state index in [0.29, 0.717) is 38.2 Å². The number of pyridine rings is 1. The quantitative estimate of drug-likeness (QED) is 0.547. The fraction of sp³-hybridized carbons (Fsp3) is 0.440. The van der Waals surface area contributed by atoms with Gasteiger partial charge in [0, 0.05) is 37.2 Å². The highest BCUT2D eigenvalue weighted by atomic mass is 16.5. The van der Waals surface area contributed by atoms with Crippen LogP contribution < -0.4 is 16.4 Å². The Morgan fingerprint density at radius 2 is 1.85 bits per heavy atom. The Morgan fingerprint density at radius 1 is 1.15 bits per heavy atom. The van der Waals surface area contributed by atoms with Crippen LogP contribution in [0.15, 0.2) is 42.6 Å². The molecule has 3 amide bonds. The molecule has 2 aromatic rings. The number of amides is 3. The normalized spacial score (nSPS) is 14.9. The van der Waals surface area contributed by atoms with Crippen molar-refractivity contribution in [2.45, 2.75) is 39.7 Å². The van der Waals surface area contributed by atoms with Crippen molar-refractivity contribution < 1.29 is 19.1 Å². The first-order valence-corrected chi connectivity index (χ1v) is 11.6. The number of carbonyl (C=O) groups is 3. The lowest BCUT2D eigenvalue weighted by atomic mass is 9.78. The van der Waals surface area contributed by atoms with E-state index < -0.39 is 11.5 Å². The zero-order chi connectivity index (χ0) is 24.6. The number of likely N-dealkylation sites (tertiary alicyclic amines) is 1. The van der Waals surface area contributed by atoms with Crippen molar-refractivity contribution in [3.05, 3.63) is 59.4 Å². The minimum atomic E-state index is -0.940. The average Bonchev–Trinajstić information content (AvgIpc) is 2.87. The molecular formula is C25H33N5O4. The van der Waals surface area contributed by atoms with Crippen molar-refractivity contribution in [2.24, 2.45) is 11.1 Å². The van der Waals surface area contributed by atoms with Gasteiger partial charge < -0.3 is 20.7 Å². The molecule has 182 valence electrons. The maximum absolute atomic E-state index is 13.3. The number of hydrogen-bond donors (Lipinski definition) is 3. The maximum Gasteiger partial charge on any atom is 0.411 e. The van der Waals surface area contributed by atoms with Gasteiger partial charge in [0.05, 0.1) is 12.0 Å². The number of aryl methyl sites for hydroxylation is 2. The number of piperidine rings is 1. The molecule has 2 heterocycles. The van der Waals surface area contributed by atoms with Crippen LogP contribution in [-0.4, -0.2) is 54.0 Å². The molecule has 1 fully saturated rings. The molecule has 1 saturated heterocycles. The van der Waals surface area contributed by atoms with E-state index in [2.05, 4.69) is 22.5 Å². The molecule has 1 aliphatic rings. The molecule has 0 radical (unpaired) electrons. The molecule has 0 aliphatic carbocycles. The lowest BCUT2D eigenvalue weighted by Gasteiger charge is -2.40. The maximum atomic E-state index is 13.3. The SMILES string of the molecule is CCc1ccc(NC(=O)OCC2(C(=O)NCc3cccnc3C)CCN(C(=O)CN)CC2)cc1. The summed E-state index contributed by atoms with van der Waals surface area (Å²) in [7, 11) is 0. The van der Waals surface area contributed by atoms with E-state index in [1.54, 1.807) is 11.1 Å². The Hall–Kier alpha value is -3.46. The predicted molar refractivity (Wildman–Crippen MR) is 129 cm³/mol. The molecule has 1 aromatic heterocycles. The highest BCUT2D eigenvalue weighted by Gasteiger charge is 2.43. The van der Waals surface area contributed by atoms with Gasteiger partial charge in [0.1, 0.15) is 6.61 Å². The smallest absolute Gasteiger partial charge is 0.411 e. The molecule has 4 N–H and O–H groups in total. The fourth-order valence-electron chi connectivity index (χ4n) is 4.00. The molecule has 0 saturated carbocycles. The monoisotopic (exact) mass is 467 g/mol. The molecule has 0 unspecified atom stereocenters. The van der Waals surface area contributed by atoms with Gasteiger partial charge in [-0.15, -0.1) is 0 Å². The Labute approximate surface area is 200 Å². The minimum absolute atomic E-state index is 0.0742. The number of benzene rings is 1. The zero-order valence-corrected chi connectivity index (χ0v) is 19.8. The van der Waals surface area contributed by atoms with Gasteiger partial charge in [-0.2, -0.15) is 0 Å². The summed E-state index contributed by atoms with van der Waals surface area (Å²) in [6, 6.07) is 11.2. The van der Waals surface area contributed by atoms with Gasteiger partial charge in [0.25, 0.3) is 0 Å². The molecule has 1 aliphatic heterocycles. The van der Waals surface area contributed by atoms with Gasteiger partial charge in [-0.05, 0) is 55.5 Å². The Morgan fingerprint density at radius 3 is 2.47 bits per heavy atom. The molecule has 34 heavy (non-hydrogen) atoms. The van der Waals surface area contributed by atoms with Crippen LogP contribution >= 0.6 is 0 Å². The van der Waals surface area contributed by atoms with Crippen LogP contribution in [0.3, 0.4) is 0 Å². The molecule has 9 heteroatoms. The third-order valence-electron chi connectivity index (χ3n) is 6.37. The van der Waals surface area contributed by atoms with Crippen molar-refractivity contribution in [1.29, 1.82) is 0 Å². The van der Waals surface area contributed by atoms with E-state index in [4.69, 9.17) is 10.5 Å². The van der Waals surface area contributed by atoms with Gasteiger partial charge in [-0.25, -0.2) is 4.79 Å². The van der Waals surface area contributed by atoms with Crippen LogP contribution in [0.2, 0.25) is 0 Å². The van der Waals surface area contributed by atoms with Gasteiger partial charge >= 0.3 is 6.09 Å². The molecule has 0 spiro atoms. The molecule has 1 aromatic carbocycles. The summed E-state index contributed by atoms with van der Waals surface area (Å²) in [5, 5.41) is 5.68. The highest BCUT2D eigenvalue weighted by molar-refractivity contribution is 5.86. The molecule has 0 bridgehead atoms. The number of rotatable bonds is 8. The second-order valence-electron chi connectivity index (χ2n) is 8.55. The highest BCUT2D eigenvalue weighted by Crippen LogP contribution is 2.33. The summed E-state index contributed by atoms with van der Waals surface area (Å²) in [5.74, 6) is -0.370. The molecule has 3 rings (SSSR count). The van der Waals surface area contributed by atoms with Gasteiger partial charge in [0.15, 0.2) is 0 Å². The largest absolute Gasteiger partial charge is 0.448 e. The average molecular weight is 468 g/mol. The van der Waals surface area contributed by atoms with Gasteiger partial charge in [0.2, 0.25) is 11.8 Å². The minimum Gasteiger partial charge on any atom is -0.448 e. The number of nitrogens with one attached hydrogen (secondary N) is 2. The second kappa shape index (κ2) is 11.6. The first-order chi connectivity index (χ1) is 16.4. The number of hydrogen-bond acceptors (Lipinski definition) is 6. The predicted octanol–water partition coefficient (Wildman–Crippen LogP) is 2.38. The fourth-order valence-corrected chi connectivity index (χ4v) is 4.00. The van der Waals surface area contributed by atoms with E-state index in [9.17, 15) is 14.4 Å². The Kier molecular flexibility index (Phi) is 8.59. The lowest BCUT2D eigenvalue weighted by Crippen LogP contribution is -2.53.